The lowest BCUT2D eigenvalue weighted by Gasteiger charge is -2.17. The van der Waals surface area contributed by atoms with Crippen LogP contribution in [0.3, 0.4) is 0 Å². The van der Waals surface area contributed by atoms with Crippen molar-refractivity contribution in [2.75, 3.05) is 5.32 Å². The highest BCUT2D eigenvalue weighted by Gasteiger charge is 2.17. The molecule has 3 rings (SSSR count). The van der Waals surface area contributed by atoms with E-state index in [1.165, 1.54) is 12.8 Å². The van der Waals surface area contributed by atoms with Crippen LogP contribution in [-0.2, 0) is 0 Å². The fourth-order valence-electron chi connectivity index (χ4n) is 3.41. The summed E-state index contributed by atoms with van der Waals surface area (Å²) in [4.78, 5) is 12.6. The summed E-state index contributed by atoms with van der Waals surface area (Å²) in [6.45, 7) is 6.30. The second kappa shape index (κ2) is 7.73. The maximum Gasteiger partial charge on any atom is 0.255 e. The number of nitrogens with one attached hydrogen (secondary N) is 1. The van der Waals surface area contributed by atoms with Gasteiger partial charge in [-0.1, -0.05) is 32.0 Å². The number of rotatable bonds is 5. The van der Waals surface area contributed by atoms with Crippen LogP contribution in [0.1, 0.15) is 66.9 Å². The predicted octanol–water partition coefficient (Wildman–Crippen LogP) is 5.69. The van der Waals surface area contributed by atoms with Crippen LogP contribution in [0.25, 0.3) is 0 Å². The lowest BCUT2D eigenvalue weighted by molar-refractivity contribution is 0.102. The molecule has 0 atom stereocenters. The smallest absolute Gasteiger partial charge is 0.255 e. The van der Waals surface area contributed by atoms with E-state index in [0.717, 1.165) is 35.4 Å². The summed E-state index contributed by atoms with van der Waals surface area (Å²) in [5.74, 6) is 1.13. The van der Waals surface area contributed by atoms with Gasteiger partial charge in [0, 0.05) is 11.3 Å². The van der Waals surface area contributed by atoms with E-state index in [1.54, 1.807) is 0 Å². The first-order chi connectivity index (χ1) is 12.0. The first-order valence-electron chi connectivity index (χ1n) is 9.22. The molecular formula is C22H27NO2. The number of amides is 1. The van der Waals surface area contributed by atoms with Gasteiger partial charge in [-0.15, -0.1) is 0 Å². The largest absolute Gasteiger partial charge is 0.490 e. The van der Waals surface area contributed by atoms with Crippen LogP contribution in [0, 0.1) is 6.92 Å². The molecule has 3 nitrogen and oxygen atoms in total. The zero-order valence-electron chi connectivity index (χ0n) is 15.3. The number of carbonyl (C=O) groups excluding carboxylic acids is 1. The van der Waals surface area contributed by atoms with E-state index in [-0.39, 0.29) is 5.91 Å². The normalized spacial score (nSPS) is 14.7. The summed E-state index contributed by atoms with van der Waals surface area (Å²) < 4.78 is 5.97. The average molecular weight is 337 g/mol. The Morgan fingerprint density at radius 2 is 1.76 bits per heavy atom. The van der Waals surface area contributed by atoms with Crippen LogP contribution in [0.2, 0.25) is 0 Å². The fraction of sp³-hybridized carbons (Fsp3) is 0.409. The average Bonchev–Trinajstić information content (AvgIpc) is 3.10. The van der Waals surface area contributed by atoms with Gasteiger partial charge in [0.1, 0.15) is 5.75 Å². The third kappa shape index (κ3) is 4.22. The molecule has 3 heteroatoms. The first-order valence-corrected chi connectivity index (χ1v) is 9.22. The van der Waals surface area contributed by atoms with Gasteiger partial charge in [0.25, 0.3) is 5.91 Å². The summed E-state index contributed by atoms with van der Waals surface area (Å²) >= 11 is 0. The van der Waals surface area contributed by atoms with Crippen molar-refractivity contribution in [2.24, 2.45) is 0 Å². The molecule has 1 aliphatic carbocycles. The first kappa shape index (κ1) is 17.5. The maximum absolute atomic E-state index is 12.6. The Hall–Kier alpha value is -2.29. The van der Waals surface area contributed by atoms with Crippen molar-refractivity contribution in [3.8, 4) is 5.75 Å². The zero-order chi connectivity index (χ0) is 17.8. The molecule has 2 aromatic carbocycles. The summed E-state index contributed by atoms with van der Waals surface area (Å²) in [6, 6.07) is 13.6. The molecule has 1 aliphatic rings. The van der Waals surface area contributed by atoms with Crippen molar-refractivity contribution in [3.63, 3.8) is 0 Å². The van der Waals surface area contributed by atoms with Crippen molar-refractivity contribution in [1.29, 1.82) is 0 Å². The third-order valence-electron chi connectivity index (χ3n) is 4.89. The van der Waals surface area contributed by atoms with E-state index in [9.17, 15) is 4.79 Å². The Kier molecular flexibility index (Phi) is 5.42. The molecule has 0 aromatic heterocycles. The number of hydrogen-bond acceptors (Lipinski definition) is 2. The molecule has 1 amide bonds. The molecule has 0 bridgehead atoms. The second-order valence-corrected chi connectivity index (χ2v) is 7.20. The number of ether oxygens (including phenoxy) is 1. The number of anilines is 1. The molecule has 0 heterocycles. The van der Waals surface area contributed by atoms with Gasteiger partial charge in [-0.2, -0.15) is 0 Å². The summed E-state index contributed by atoms with van der Waals surface area (Å²) in [5.41, 5.74) is 3.82. The number of hydrogen-bond donors (Lipinski definition) is 1. The van der Waals surface area contributed by atoms with Crippen molar-refractivity contribution in [2.45, 2.75) is 58.5 Å². The second-order valence-electron chi connectivity index (χ2n) is 7.20. The highest BCUT2D eigenvalue weighted by molar-refractivity contribution is 6.05. The van der Waals surface area contributed by atoms with Crippen LogP contribution in [0.15, 0.2) is 42.5 Å². The van der Waals surface area contributed by atoms with Crippen molar-refractivity contribution < 1.29 is 9.53 Å². The standard InChI is InChI=1S/C22H27NO2/c1-15(2)20-10-6-7-16(3)21(20)23-22(24)17-11-13-19(14-12-17)25-18-8-4-5-9-18/h6-7,10-15,18H,4-5,8-9H2,1-3H3,(H,23,24). The van der Waals surface area contributed by atoms with Crippen molar-refractivity contribution in [3.05, 3.63) is 59.2 Å². The lowest BCUT2D eigenvalue weighted by atomic mass is 9.98. The third-order valence-corrected chi connectivity index (χ3v) is 4.89. The number of benzene rings is 2. The molecule has 0 spiro atoms. The van der Waals surface area contributed by atoms with Crippen LogP contribution in [0.5, 0.6) is 5.75 Å². The SMILES string of the molecule is Cc1cccc(C(C)C)c1NC(=O)c1ccc(OC2CCCC2)cc1. The highest BCUT2D eigenvalue weighted by Crippen LogP contribution is 2.28. The minimum Gasteiger partial charge on any atom is -0.490 e. The van der Waals surface area contributed by atoms with E-state index >= 15 is 0 Å². The van der Waals surface area contributed by atoms with E-state index in [1.807, 2.05) is 43.3 Å². The predicted molar refractivity (Wildman–Crippen MR) is 103 cm³/mol. The lowest BCUT2D eigenvalue weighted by Crippen LogP contribution is -2.15. The van der Waals surface area contributed by atoms with Gasteiger partial charge in [-0.05, 0) is 73.9 Å². The Morgan fingerprint density at radius 1 is 1.08 bits per heavy atom. The van der Waals surface area contributed by atoms with Crippen molar-refractivity contribution >= 4 is 11.6 Å². The van der Waals surface area contributed by atoms with Crippen molar-refractivity contribution in [1.82, 2.24) is 0 Å². The number of carbonyl (C=O) groups is 1. The van der Waals surface area contributed by atoms with E-state index < -0.39 is 0 Å². The summed E-state index contributed by atoms with van der Waals surface area (Å²) in [5, 5.41) is 3.09. The van der Waals surface area contributed by atoms with E-state index in [0.29, 0.717) is 17.6 Å². The monoisotopic (exact) mass is 337 g/mol. The number of para-hydroxylation sites is 1. The van der Waals surface area contributed by atoms with Gasteiger partial charge in [0.2, 0.25) is 0 Å². The van der Waals surface area contributed by atoms with E-state index in [4.69, 9.17) is 4.74 Å². The van der Waals surface area contributed by atoms with Crippen LogP contribution in [-0.4, -0.2) is 12.0 Å². The Morgan fingerprint density at radius 3 is 2.40 bits per heavy atom. The Bertz CT molecular complexity index is 728. The van der Waals surface area contributed by atoms with Gasteiger partial charge in [0.05, 0.1) is 6.10 Å². The van der Waals surface area contributed by atoms with Crippen LogP contribution < -0.4 is 10.1 Å². The van der Waals surface area contributed by atoms with Gasteiger partial charge in [-0.3, -0.25) is 4.79 Å². The van der Waals surface area contributed by atoms with E-state index in [2.05, 4.69) is 25.2 Å². The molecule has 0 radical (unpaired) electrons. The quantitative estimate of drug-likeness (QED) is 0.761. The molecule has 0 aliphatic heterocycles. The molecule has 0 unspecified atom stereocenters. The topological polar surface area (TPSA) is 38.3 Å². The van der Waals surface area contributed by atoms with Gasteiger partial charge < -0.3 is 10.1 Å². The molecule has 1 fully saturated rings. The van der Waals surface area contributed by atoms with Crippen LogP contribution in [0.4, 0.5) is 5.69 Å². The van der Waals surface area contributed by atoms with Gasteiger partial charge in [-0.25, -0.2) is 0 Å². The fourth-order valence-corrected chi connectivity index (χ4v) is 3.41. The molecule has 132 valence electrons. The molecule has 0 saturated heterocycles. The minimum atomic E-state index is -0.0800. The molecular weight excluding hydrogens is 310 g/mol. The maximum atomic E-state index is 12.6. The summed E-state index contributed by atoms with van der Waals surface area (Å²) in [7, 11) is 0. The van der Waals surface area contributed by atoms with Crippen LogP contribution >= 0.6 is 0 Å². The van der Waals surface area contributed by atoms with Gasteiger partial charge >= 0.3 is 0 Å². The number of aryl methyl sites for hydroxylation is 1. The summed E-state index contributed by atoms with van der Waals surface area (Å²) in [6.07, 6.45) is 5.10. The zero-order valence-corrected chi connectivity index (χ0v) is 15.3. The minimum absolute atomic E-state index is 0.0800. The Balaban J connectivity index is 1.71. The highest BCUT2D eigenvalue weighted by atomic mass is 16.5. The molecule has 25 heavy (non-hydrogen) atoms. The molecule has 1 N–H and O–H groups in total. The Labute approximate surface area is 150 Å². The molecule has 1 saturated carbocycles. The van der Waals surface area contributed by atoms with Gasteiger partial charge in [0.15, 0.2) is 0 Å². The molecule has 2 aromatic rings.